The Hall–Kier alpha value is -1.56. The van der Waals surface area contributed by atoms with E-state index in [0.29, 0.717) is 12.7 Å². The first kappa shape index (κ1) is 19.2. The molecule has 3 rings (SSSR count). The molecule has 0 bridgehead atoms. The lowest BCUT2D eigenvalue weighted by molar-refractivity contribution is 0.110. The summed E-state index contributed by atoms with van der Waals surface area (Å²) in [6, 6.07) is 12.5. The van der Waals surface area contributed by atoms with Crippen LogP contribution in [0.5, 0.6) is 11.5 Å². The Kier molecular flexibility index (Phi) is 6.94. The van der Waals surface area contributed by atoms with Gasteiger partial charge in [0.15, 0.2) is 11.5 Å². The van der Waals surface area contributed by atoms with Gasteiger partial charge in [-0.05, 0) is 59.0 Å². The van der Waals surface area contributed by atoms with E-state index in [9.17, 15) is 0 Å². The van der Waals surface area contributed by atoms with Gasteiger partial charge in [0.25, 0.3) is 0 Å². The number of nitrogens with one attached hydrogen (secondary N) is 1. The number of aryl methyl sites for hydroxylation is 1. The maximum atomic E-state index is 6.01. The van der Waals surface area contributed by atoms with Gasteiger partial charge in [0.05, 0.1) is 17.7 Å². The van der Waals surface area contributed by atoms with Gasteiger partial charge in [0, 0.05) is 19.7 Å². The Morgan fingerprint density at radius 2 is 2.00 bits per heavy atom. The zero-order valence-electron chi connectivity index (χ0n) is 15.4. The van der Waals surface area contributed by atoms with Gasteiger partial charge in [-0.1, -0.05) is 29.8 Å². The minimum atomic E-state index is 0.345. The van der Waals surface area contributed by atoms with Crippen molar-refractivity contribution in [1.29, 1.82) is 0 Å². The van der Waals surface area contributed by atoms with E-state index in [0.717, 1.165) is 53.2 Å². The number of benzene rings is 2. The second-order valence-electron chi connectivity index (χ2n) is 6.65. The summed E-state index contributed by atoms with van der Waals surface area (Å²) < 4.78 is 18.1. The van der Waals surface area contributed by atoms with Crippen LogP contribution in [0, 0.1) is 6.92 Å². The van der Waals surface area contributed by atoms with Gasteiger partial charge in [-0.2, -0.15) is 0 Å². The summed E-state index contributed by atoms with van der Waals surface area (Å²) in [5.74, 6) is 1.47. The first-order valence-electron chi connectivity index (χ1n) is 9.03. The van der Waals surface area contributed by atoms with Crippen molar-refractivity contribution in [2.24, 2.45) is 0 Å². The molecule has 5 heteroatoms. The molecule has 4 nitrogen and oxygen atoms in total. The van der Waals surface area contributed by atoms with Gasteiger partial charge >= 0.3 is 0 Å². The highest BCUT2D eigenvalue weighted by molar-refractivity contribution is 9.10. The second kappa shape index (κ2) is 9.40. The fourth-order valence-electron chi connectivity index (χ4n) is 3.04. The fourth-order valence-corrected chi connectivity index (χ4v) is 3.64. The highest BCUT2D eigenvalue weighted by Gasteiger charge is 2.15. The Morgan fingerprint density at radius 1 is 1.19 bits per heavy atom. The van der Waals surface area contributed by atoms with Crippen molar-refractivity contribution < 1.29 is 14.2 Å². The second-order valence-corrected chi connectivity index (χ2v) is 7.50. The number of hydrogen-bond acceptors (Lipinski definition) is 4. The van der Waals surface area contributed by atoms with E-state index in [4.69, 9.17) is 14.2 Å². The van der Waals surface area contributed by atoms with Crippen LogP contribution in [0.3, 0.4) is 0 Å². The lowest BCUT2D eigenvalue weighted by Gasteiger charge is -2.16. The number of hydrogen-bond donors (Lipinski definition) is 1. The molecule has 140 valence electrons. The standard InChI is InChI=1S/C21H26BrNO3/c1-15-5-7-16(8-6-15)14-26-21-19(22)10-17(11-20(21)24-2)12-23-13-18-4-3-9-25-18/h5-8,10-11,18,23H,3-4,9,12-14H2,1-2H3/t18-/m0/s1. The van der Waals surface area contributed by atoms with E-state index in [1.165, 1.54) is 12.0 Å². The molecule has 2 aromatic carbocycles. The molecule has 0 unspecified atom stereocenters. The first-order valence-corrected chi connectivity index (χ1v) is 9.82. The van der Waals surface area contributed by atoms with Crippen LogP contribution >= 0.6 is 15.9 Å². The summed E-state index contributed by atoms with van der Waals surface area (Å²) in [5.41, 5.74) is 3.52. The van der Waals surface area contributed by atoms with Gasteiger partial charge in [-0.3, -0.25) is 0 Å². The Balaban J connectivity index is 1.61. The summed E-state index contributed by atoms with van der Waals surface area (Å²) in [6.45, 7) is 5.12. The van der Waals surface area contributed by atoms with Gasteiger partial charge in [-0.25, -0.2) is 0 Å². The molecular formula is C21H26BrNO3. The van der Waals surface area contributed by atoms with Crippen molar-refractivity contribution in [2.45, 2.75) is 39.0 Å². The van der Waals surface area contributed by atoms with Crippen LogP contribution in [0.15, 0.2) is 40.9 Å². The summed E-state index contributed by atoms with van der Waals surface area (Å²) >= 11 is 3.62. The molecule has 0 spiro atoms. The monoisotopic (exact) mass is 419 g/mol. The van der Waals surface area contributed by atoms with Gasteiger partial charge in [0.1, 0.15) is 6.61 Å². The molecule has 1 saturated heterocycles. The molecule has 1 aliphatic rings. The minimum Gasteiger partial charge on any atom is -0.493 e. The molecule has 1 fully saturated rings. The number of ether oxygens (including phenoxy) is 3. The Labute approximate surface area is 164 Å². The van der Waals surface area contributed by atoms with Crippen molar-refractivity contribution in [3.8, 4) is 11.5 Å². The molecule has 2 aromatic rings. The Bertz CT molecular complexity index is 712. The average molecular weight is 420 g/mol. The zero-order valence-corrected chi connectivity index (χ0v) is 17.0. The highest BCUT2D eigenvalue weighted by atomic mass is 79.9. The maximum absolute atomic E-state index is 6.01. The lowest BCUT2D eigenvalue weighted by Crippen LogP contribution is -2.25. The van der Waals surface area contributed by atoms with Gasteiger partial charge in [-0.15, -0.1) is 0 Å². The van der Waals surface area contributed by atoms with Crippen molar-refractivity contribution in [3.05, 3.63) is 57.6 Å². The van der Waals surface area contributed by atoms with Crippen molar-refractivity contribution in [1.82, 2.24) is 5.32 Å². The molecule has 0 aliphatic carbocycles. The predicted molar refractivity (Wildman–Crippen MR) is 107 cm³/mol. The van der Waals surface area contributed by atoms with Crippen molar-refractivity contribution >= 4 is 15.9 Å². The number of rotatable bonds is 8. The van der Waals surface area contributed by atoms with E-state index in [1.54, 1.807) is 7.11 Å². The zero-order chi connectivity index (χ0) is 18.4. The summed E-state index contributed by atoms with van der Waals surface area (Å²) in [4.78, 5) is 0. The molecule has 0 saturated carbocycles. The van der Waals surface area contributed by atoms with Crippen LogP contribution in [-0.4, -0.2) is 26.4 Å². The number of halogens is 1. The Morgan fingerprint density at radius 3 is 2.69 bits per heavy atom. The van der Waals surface area contributed by atoms with E-state index in [-0.39, 0.29) is 0 Å². The number of methoxy groups -OCH3 is 1. The van der Waals surface area contributed by atoms with E-state index >= 15 is 0 Å². The normalized spacial score (nSPS) is 16.7. The topological polar surface area (TPSA) is 39.7 Å². The third-order valence-electron chi connectivity index (χ3n) is 4.52. The smallest absolute Gasteiger partial charge is 0.175 e. The summed E-state index contributed by atoms with van der Waals surface area (Å²) in [7, 11) is 1.67. The van der Waals surface area contributed by atoms with Crippen molar-refractivity contribution in [2.75, 3.05) is 20.3 Å². The van der Waals surface area contributed by atoms with Gasteiger partial charge < -0.3 is 19.5 Å². The maximum Gasteiger partial charge on any atom is 0.175 e. The van der Waals surface area contributed by atoms with E-state index in [1.807, 2.05) is 6.07 Å². The van der Waals surface area contributed by atoms with Gasteiger partial charge in [0.2, 0.25) is 0 Å². The third-order valence-corrected chi connectivity index (χ3v) is 5.11. The molecule has 1 N–H and O–H groups in total. The lowest BCUT2D eigenvalue weighted by atomic mass is 10.1. The molecule has 0 aromatic heterocycles. The van der Waals surface area contributed by atoms with Crippen LogP contribution in [0.1, 0.15) is 29.5 Å². The highest BCUT2D eigenvalue weighted by Crippen LogP contribution is 2.37. The van der Waals surface area contributed by atoms with Crippen LogP contribution < -0.4 is 14.8 Å². The molecule has 1 atom stereocenters. The van der Waals surface area contributed by atoms with Crippen LogP contribution in [0.2, 0.25) is 0 Å². The third kappa shape index (κ3) is 5.22. The average Bonchev–Trinajstić information content (AvgIpc) is 3.15. The molecule has 0 amide bonds. The van der Waals surface area contributed by atoms with Crippen molar-refractivity contribution in [3.63, 3.8) is 0 Å². The molecular weight excluding hydrogens is 394 g/mol. The van der Waals surface area contributed by atoms with E-state index in [2.05, 4.69) is 58.5 Å². The fraction of sp³-hybridized carbons (Fsp3) is 0.429. The molecule has 1 heterocycles. The quantitative estimate of drug-likeness (QED) is 0.677. The van der Waals surface area contributed by atoms with Crippen LogP contribution in [0.4, 0.5) is 0 Å². The minimum absolute atomic E-state index is 0.345. The molecule has 1 aliphatic heterocycles. The van der Waals surface area contributed by atoms with Crippen LogP contribution in [-0.2, 0) is 17.9 Å². The summed E-state index contributed by atoms with van der Waals surface area (Å²) in [6.07, 6.45) is 2.65. The first-order chi connectivity index (χ1) is 12.7. The predicted octanol–water partition coefficient (Wildman–Crippen LogP) is 4.61. The largest absolute Gasteiger partial charge is 0.493 e. The summed E-state index contributed by atoms with van der Waals surface area (Å²) in [5, 5.41) is 3.46. The van der Waals surface area contributed by atoms with Crippen LogP contribution in [0.25, 0.3) is 0 Å². The SMILES string of the molecule is COc1cc(CNC[C@@H]2CCCO2)cc(Br)c1OCc1ccc(C)cc1. The molecule has 0 radical (unpaired) electrons. The van der Waals surface area contributed by atoms with E-state index < -0.39 is 0 Å². The molecule has 26 heavy (non-hydrogen) atoms.